The average Bonchev–Trinajstić information content (AvgIpc) is 3.61. The maximum atomic E-state index is 15.4. The third-order valence-corrected chi connectivity index (χ3v) is 8.13. The highest BCUT2D eigenvalue weighted by Crippen LogP contribution is 2.58. The van der Waals surface area contributed by atoms with Crippen LogP contribution in [0.3, 0.4) is 0 Å². The number of hydrogen-bond acceptors (Lipinski definition) is 5. The molecular weight excluding hydrogens is 533 g/mol. The van der Waals surface area contributed by atoms with Gasteiger partial charge in [-0.2, -0.15) is 5.10 Å². The standard InChI is InChI=1S/C30H29ClFN5O3/c1-16-14-33-24(18-7-5-8-19(27(18)32)28(38)35(3)4)13-25(16)37-17(2)11-22(26(31)29(37)39)20-12-21(20)23-15-34-36-9-6-10-40-30(23)36/h5,7-8,11,13-15,20-21H,6,9-10,12H2,1-4H3/t20-,21-/m0/s1. The van der Waals surface area contributed by atoms with Gasteiger partial charge in [0.25, 0.3) is 11.5 Å². The van der Waals surface area contributed by atoms with Gasteiger partial charge in [0, 0.05) is 50.1 Å². The molecule has 1 aromatic carbocycles. The van der Waals surface area contributed by atoms with Crippen LogP contribution in [0.15, 0.2) is 47.5 Å². The first-order valence-electron chi connectivity index (χ1n) is 13.3. The minimum absolute atomic E-state index is 0.0451. The molecule has 1 amide bonds. The first kappa shape index (κ1) is 26.3. The third-order valence-electron chi connectivity index (χ3n) is 7.75. The molecule has 1 aliphatic heterocycles. The number of rotatable bonds is 5. The molecule has 6 rings (SSSR count). The lowest BCUT2D eigenvalue weighted by Gasteiger charge is -2.18. The molecule has 1 saturated carbocycles. The normalized spacial score (nSPS) is 17.8. The number of nitrogens with zero attached hydrogens (tertiary/aromatic N) is 5. The number of halogens is 2. The first-order chi connectivity index (χ1) is 19.2. The van der Waals surface area contributed by atoms with Gasteiger partial charge < -0.3 is 9.64 Å². The molecule has 0 spiro atoms. The molecule has 0 saturated heterocycles. The highest BCUT2D eigenvalue weighted by molar-refractivity contribution is 6.31. The molecule has 0 N–H and O–H groups in total. The van der Waals surface area contributed by atoms with Gasteiger partial charge in [-0.3, -0.25) is 19.1 Å². The predicted octanol–water partition coefficient (Wildman–Crippen LogP) is 5.26. The maximum Gasteiger partial charge on any atom is 0.274 e. The van der Waals surface area contributed by atoms with E-state index in [2.05, 4.69) is 10.1 Å². The zero-order valence-corrected chi connectivity index (χ0v) is 23.5. The summed E-state index contributed by atoms with van der Waals surface area (Å²) in [6.45, 7) is 5.22. The summed E-state index contributed by atoms with van der Waals surface area (Å²) in [5, 5.41) is 4.64. The summed E-state index contributed by atoms with van der Waals surface area (Å²) in [6.07, 6.45) is 5.27. The number of ether oxygens (including phenoxy) is 1. The molecule has 4 heterocycles. The predicted molar refractivity (Wildman–Crippen MR) is 150 cm³/mol. The Morgan fingerprint density at radius 1 is 1.15 bits per heavy atom. The summed E-state index contributed by atoms with van der Waals surface area (Å²) in [7, 11) is 3.14. The Labute approximate surface area is 236 Å². The van der Waals surface area contributed by atoms with Crippen molar-refractivity contribution in [1.29, 1.82) is 0 Å². The SMILES string of the molecule is Cc1cnc(-c2cccc(C(=O)N(C)C)c2F)cc1-n1c(C)cc([C@H]2C[C@@H]2c2cnn3c2OCCC3)c(Cl)c1=O. The van der Waals surface area contributed by atoms with Crippen LogP contribution in [-0.2, 0) is 6.54 Å². The Morgan fingerprint density at radius 3 is 2.70 bits per heavy atom. The van der Waals surface area contributed by atoms with Crippen molar-refractivity contribution in [3.63, 3.8) is 0 Å². The summed E-state index contributed by atoms with van der Waals surface area (Å²) in [5.41, 5.74) is 3.97. The Hall–Kier alpha value is -3.98. The first-order valence-corrected chi connectivity index (χ1v) is 13.6. The largest absolute Gasteiger partial charge is 0.478 e. The molecule has 1 aliphatic carbocycles. The van der Waals surface area contributed by atoms with Gasteiger partial charge in [-0.25, -0.2) is 9.07 Å². The number of amides is 1. The number of carbonyl (C=O) groups is 1. The number of aryl methyl sites for hydroxylation is 3. The second kappa shape index (κ2) is 9.89. The number of carbonyl (C=O) groups excluding carboxylic acids is 1. The lowest BCUT2D eigenvalue weighted by molar-refractivity contribution is 0.0823. The van der Waals surface area contributed by atoms with Crippen LogP contribution in [0, 0.1) is 19.7 Å². The van der Waals surface area contributed by atoms with Crippen LogP contribution < -0.4 is 10.3 Å². The van der Waals surface area contributed by atoms with Crippen LogP contribution in [0.4, 0.5) is 4.39 Å². The Morgan fingerprint density at radius 2 is 1.93 bits per heavy atom. The minimum Gasteiger partial charge on any atom is -0.478 e. The zero-order chi connectivity index (χ0) is 28.3. The zero-order valence-electron chi connectivity index (χ0n) is 22.7. The molecule has 2 aliphatic rings. The summed E-state index contributed by atoms with van der Waals surface area (Å²) in [5.74, 6) is 0.0229. The molecule has 0 unspecified atom stereocenters. The quantitative estimate of drug-likeness (QED) is 0.332. The van der Waals surface area contributed by atoms with E-state index in [-0.39, 0.29) is 33.5 Å². The molecule has 0 radical (unpaired) electrons. The monoisotopic (exact) mass is 561 g/mol. The van der Waals surface area contributed by atoms with Crippen molar-refractivity contribution in [1.82, 2.24) is 24.2 Å². The fourth-order valence-electron chi connectivity index (χ4n) is 5.57. The van der Waals surface area contributed by atoms with Gasteiger partial charge >= 0.3 is 0 Å². The number of hydrogen-bond donors (Lipinski definition) is 0. The Bertz CT molecular complexity index is 1730. The van der Waals surface area contributed by atoms with Crippen molar-refractivity contribution in [2.75, 3.05) is 20.7 Å². The molecular formula is C30H29ClFN5O3. The van der Waals surface area contributed by atoms with E-state index in [0.29, 0.717) is 23.7 Å². The lowest BCUT2D eigenvalue weighted by Crippen LogP contribution is -2.23. The van der Waals surface area contributed by atoms with Gasteiger partial charge in [0.15, 0.2) is 0 Å². The number of fused-ring (bicyclic) bond motifs is 1. The van der Waals surface area contributed by atoms with Crippen LogP contribution in [0.5, 0.6) is 5.88 Å². The summed E-state index contributed by atoms with van der Waals surface area (Å²) in [6, 6.07) is 8.26. The topological polar surface area (TPSA) is 82.2 Å². The highest BCUT2D eigenvalue weighted by atomic mass is 35.5. The molecule has 40 heavy (non-hydrogen) atoms. The van der Waals surface area contributed by atoms with Crippen molar-refractivity contribution in [2.45, 2.75) is 45.1 Å². The van der Waals surface area contributed by atoms with Gasteiger partial charge in [-0.15, -0.1) is 0 Å². The van der Waals surface area contributed by atoms with Crippen molar-refractivity contribution in [3.8, 4) is 22.8 Å². The van der Waals surface area contributed by atoms with E-state index in [0.717, 1.165) is 42.0 Å². The van der Waals surface area contributed by atoms with E-state index in [9.17, 15) is 9.59 Å². The second-order valence-corrected chi connectivity index (χ2v) is 11.1. The Balaban J connectivity index is 1.37. The number of pyridine rings is 2. The van der Waals surface area contributed by atoms with E-state index in [4.69, 9.17) is 16.3 Å². The summed E-state index contributed by atoms with van der Waals surface area (Å²) >= 11 is 6.74. The van der Waals surface area contributed by atoms with Crippen molar-refractivity contribution >= 4 is 17.5 Å². The van der Waals surface area contributed by atoms with Gasteiger partial charge in [-0.05, 0) is 67.5 Å². The molecule has 0 bridgehead atoms. The molecule has 10 heteroatoms. The molecule has 1 fully saturated rings. The van der Waals surface area contributed by atoms with E-state index < -0.39 is 11.7 Å². The van der Waals surface area contributed by atoms with Crippen molar-refractivity contribution in [2.24, 2.45) is 0 Å². The third kappa shape index (κ3) is 4.29. The average molecular weight is 562 g/mol. The van der Waals surface area contributed by atoms with Crippen molar-refractivity contribution in [3.05, 3.63) is 91.9 Å². The van der Waals surface area contributed by atoms with Crippen LogP contribution >= 0.6 is 11.6 Å². The fraction of sp³-hybridized carbons (Fsp3) is 0.333. The van der Waals surface area contributed by atoms with Gasteiger partial charge in [0.2, 0.25) is 5.88 Å². The van der Waals surface area contributed by atoms with Crippen LogP contribution in [0.25, 0.3) is 16.9 Å². The fourth-order valence-corrected chi connectivity index (χ4v) is 5.85. The van der Waals surface area contributed by atoms with Gasteiger partial charge in [0.05, 0.1) is 29.7 Å². The lowest BCUT2D eigenvalue weighted by atomic mass is 10.0. The second-order valence-electron chi connectivity index (χ2n) is 10.7. The smallest absolute Gasteiger partial charge is 0.274 e. The number of aromatic nitrogens is 4. The summed E-state index contributed by atoms with van der Waals surface area (Å²) < 4.78 is 24.8. The molecule has 2 atom stereocenters. The van der Waals surface area contributed by atoms with Crippen LogP contribution in [-0.4, -0.2) is 50.8 Å². The summed E-state index contributed by atoms with van der Waals surface area (Å²) in [4.78, 5) is 31.9. The molecule has 3 aromatic heterocycles. The maximum absolute atomic E-state index is 15.4. The van der Waals surface area contributed by atoms with E-state index in [1.165, 1.54) is 11.0 Å². The van der Waals surface area contributed by atoms with Crippen molar-refractivity contribution < 1.29 is 13.9 Å². The van der Waals surface area contributed by atoms with E-state index in [1.54, 1.807) is 43.1 Å². The molecule has 8 nitrogen and oxygen atoms in total. The molecule has 4 aromatic rings. The van der Waals surface area contributed by atoms with Crippen LogP contribution in [0.2, 0.25) is 5.02 Å². The number of benzene rings is 1. The molecule has 206 valence electrons. The Kier molecular flexibility index (Phi) is 6.49. The van der Waals surface area contributed by atoms with Gasteiger partial charge in [0.1, 0.15) is 10.8 Å². The van der Waals surface area contributed by atoms with Gasteiger partial charge in [-0.1, -0.05) is 17.7 Å². The van der Waals surface area contributed by atoms with E-state index >= 15 is 4.39 Å². The highest BCUT2D eigenvalue weighted by Gasteiger charge is 2.44. The van der Waals surface area contributed by atoms with Crippen LogP contribution in [0.1, 0.15) is 57.4 Å². The van der Waals surface area contributed by atoms with E-state index in [1.807, 2.05) is 30.8 Å². The minimum atomic E-state index is -0.660.